The zero-order valence-corrected chi connectivity index (χ0v) is 11.8. The summed E-state index contributed by atoms with van der Waals surface area (Å²) in [5.74, 6) is 0. The van der Waals surface area contributed by atoms with Gasteiger partial charge in [0.25, 0.3) is 0 Å². The number of rotatable bonds is 3. The molecule has 1 atom stereocenters. The molecule has 1 unspecified atom stereocenters. The van der Waals surface area contributed by atoms with Crippen molar-refractivity contribution in [2.45, 2.75) is 19.9 Å². The highest BCUT2D eigenvalue weighted by Gasteiger charge is 2.05. The second-order valence-corrected chi connectivity index (χ2v) is 5.03. The van der Waals surface area contributed by atoms with E-state index < -0.39 is 0 Å². The van der Waals surface area contributed by atoms with E-state index in [-0.39, 0.29) is 0 Å². The summed E-state index contributed by atoms with van der Waals surface area (Å²) < 4.78 is 0. The molecule has 1 nitrogen and oxygen atoms in total. The second kappa shape index (κ2) is 5.55. The predicted molar refractivity (Wildman–Crippen MR) is 79.1 cm³/mol. The smallest absolute Gasteiger partial charge is 0.0412 e. The van der Waals surface area contributed by atoms with Crippen LogP contribution in [0.4, 0.5) is 0 Å². The molecule has 0 aliphatic heterocycles. The maximum Gasteiger partial charge on any atom is 0.0412 e. The lowest BCUT2D eigenvalue weighted by molar-refractivity contribution is 0.652. The summed E-state index contributed by atoms with van der Waals surface area (Å²) >= 11 is 6.06. The van der Waals surface area contributed by atoms with E-state index in [0.717, 1.165) is 5.02 Å². The number of aryl methyl sites for hydroxylation is 1. The molecule has 2 aromatic rings. The first-order chi connectivity index (χ1) is 8.61. The average molecular weight is 260 g/mol. The normalized spacial score (nSPS) is 12.4. The third kappa shape index (κ3) is 2.74. The summed E-state index contributed by atoms with van der Waals surface area (Å²) in [7, 11) is 1.97. The highest BCUT2D eigenvalue weighted by atomic mass is 35.5. The predicted octanol–water partition coefficient (Wildman–Crippen LogP) is 4.60. The van der Waals surface area contributed by atoms with Crippen LogP contribution in [0.1, 0.15) is 24.1 Å². The number of hydrogen-bond acceptors (Lipinski definition) is 1. The van der Waals surface area contributed by atoms with E-state index in [4.69, 9.17) is 11.6 Å². The highest BCUT2D eigenvalue weighted by molar-refractivity contribution is 6.30. The van der Waals surface area contributed by atoms with Crippen molar-refractivity contribution < 1.29 is 0 Å². The minimum Gasteiger partial charge on any atom is -0.313 e. The first kappa shape index (κ1) is 13.1. The van der Waals surface area contributed by atoms with Gasteiger partial charge in [0.2, 0.25) is 0 Å². The Morgan fingerprint density at radius 1 is 1.06 bits per heavy atom. The van der Waals surface area contributed by atoms with Crippen molar-refractivity contribution in [3.8, 4) is 11.1 Å². The van der Waals surface area contributed by atoms with Crippen LogP contribution in [0, 0.1) is 6.92 Å². The van der Waals surface area contributed by atoms with Gasteiger partial charge in [-0.25, -0.2) is 0 Å². The minimum absolute atomic E-state index is 0.375. The molecule has 2 heteroatoms. The molecule has 0 saturated heterocycles. The van der Waals surface area contributed by atoms with E-state index in [0.29, 0.717) is 6.04 Å². The van der Waals surface area contributed by atoms with Gasteiger partial charge in [-0.2, -0.15) is 0 Å². The van der Waals surface area contributed by atoms with Crippen LogP contribution in [0.2, 0.25) is 5.02 Å². The monoisotopic (exact) mass is 259 g/mol. The van der Waals surface area contributed by atoms with Crippen LogP contribution >= 0.6 is 11.6 Å². The molecule has 1 N–H and O–H groups in total. The fraction of sp³-hybridized carbons (Fsp3) is 0.250. The Kier molecular flexibility index (Phi) is 4.05. The third-order valence-electron chi connectivity index (χ3n) is 3.35. The van der Waals surface area contributed by atoms with Crippen LogP contribution in [-0.2, 0) is 0 Å². The molecule has 0 aromatic heterocycles. The largest absolute Gasteiger partial charge is 0.313 e. The topological polar surface area (TPSA) is 12.0 Å². The number of nitrogens with one attached hydrogen (secondary N) is 1. The Balaban J connectivity index is 2.37. The molecular formula is C16H18ClN. The maximum atomic E-state index is 6.06. The van der Waals surface area contributed by atoms with E-state index >= 15 is 0 Å². The Bertz CT molecular complexity index is 531. The van der Waals surface area contributed by atoms with Crippen molar-refractivity contribution in [2.75, 3.05) is 7.05 Å². The van der Waals surface area contributed by atoms with Crippen molar-refractivity contribution >= 4 is 11.6 Å². The van der Waals surface area contributed by atoms with Crippen molar-refractivity contribution in [1.29, 1.82) is 0 Å². The lowest BCUT2D eigenvalue weighted by atomic mass is 9.98. The molecule has 0 aliphatic carbocycles. The van der Waals surface area contributed by atoms with Gasteiger partial charge in [0, 0.05) is 11.1 Å². The summed E-state index contributed by atoms with van der Waals surface area (Å²) in [4.78, 5) is 0. The fourth-order valence-electron chi connectivity index (χ4n) is 2.02. The lowest BCUT2D eigenvalue weighted by Gasteiger charge is -2.12. The molecule has 0 spiro atoms. The summed E-state index contributed by atoms with van der Waals surface area (Å²) in [6, 6.07) is 15.0. The number of halogens is 1. The van der Waals surface area contributed by atoms with Crippen LogP contribution in [-0.4, -0.2) is 7.05 Å². The molecule has 18 heavy (non-hydrogen) atoms. The zero-order valence-electron chi connectivity index (χ0n) is 11.0. The first-order valence-electron chi connectivity index (χ1n) is 6.15. The van der Waals surface area contributed by atoms with E-state index in [1.165, 1.54) is 22.3 Å². The number of benzene rings is 2. The molecule has 0 aliphatic rings. The fourth-order valence-corrected chi connectivity index (χ4v) is 2.20. The molecule has 2 aromatic carbocycles. The second-order valence-electron chi connectivity index (χ2n) is 4.59. The molecule has 0 heterocycles. The van der Waals surface area contributed by atoms with Crippen LogP contribution in [0.15, 0.2) is 42.5 Å². The standard InChI is InChI=1S/C16H18ClN/c1-11-4-9-15(17)10-16(11)14-7-5-13(6-8-14)12(2)18-3/h4-10,12,18H,1-3H3. The van der Waals surface area contributed by atoms with E-state index in [9.17, 15) is 0 Å². The van der Waals surface area contributed by atoms with E-state index in [1.54, 1.807) is 0 Å². The minimum atomic E-state index is 0.375. The molecule has 0 saturated carbocycles. The molecule has 0 bridgehead atoms. The Hall–Kier alpha value is -1.31. The van der Waals surface area contributed by atoms with Crippen molar-refractivity contribution in [2.24, 2.45) is 0 Å². The summed E-state index contributed by atoms with van der Waals surface area (Å²) in [5.41, 5.74) is 4.95. The Labute approximate surface area is 114 Å². The van der Waals surface area contributed by atoms with Gasteiger partial charge in [-0.1, -0.05) is 41.9 Å². The van der Waals surface area contributed by atoms with Gasteiger partial charge >= 0.3 is 0 Å². The van der Waals surface area contributed by atoms with Crippen molar-refractivity contribution in [3.63, 3.8) is 0 Å². The van der Waals surface area contributed by atoms with Crippen LogP contribution in [0.5, 0.6) is 0 Å². The molecule has 0 radical (unpaired) electrons. The molecule has 94 valence electrons. The van der Waals surface area contributed by atoms with Crippen LogP contribution in [0.3, 0.4) is 0 Å². The van der Waals surface area contributed by atoms with Crippen LogP contribution in [0.25, 0.3) is 11.1 Å². The molecule has 0 fully saturated rings. The van der Waals surface area contributed by atoms with Gasteiger partial charge in [-0.05, 0) is 55.3 Å². The maximum absolute atomic E-state index is 6.06. The number of hydrogen-bond donors (Lipinski definition) is 1. The van der Waals surface area contributed by atoms with E-state index in [1.807, 2.05) is 19.2 Å². The summed E-state index contributed by atoms with van der Waals surface area (Å²) in [6.07, 6.45) is 0. The van der Waals surface area contributed by atoms with Gasteiger partial charge < -0.3 is 5.32 Å². The zero-order chi connectivity index (χ0) is 13.1. The van der Waals surface area contributed by atoms with E-state index in [2.05, 4.69) is 49.5 Å². The first-order valence-corrected chi connectivity index (χ1v) is 6.53. The van der Waals surface area contributed by atoms with Gasteiger partial charge in [-0.15, -0.1) is 0 Å². The van der Waals surface area contributed by atoms with Gasteiger partial charge in [0.1, 0.15) is 0 Å². The molecule has 0 amide bonds. The SMILES string of the molecule is CNC(C)c1ccc(-c2cc(Cl)ccc2C)cc1. The summed E-state index contributed by atoms with van der Waals surface area (Å²) in [6.45, 7) is 4.26. The highest BCUT2D eigenvalue weighted by Crippen LogP contribution is 2.27. The molecular weight excluding hydrogens is 242 g/mol. The Morgan fingerprint density at radius 3 is 2.33 bits per heavy atom. The van der Waals surface area contributed by atoms with Gasteiger partial charge in [-0.3, -0.25) is 0 Å². The Morgan fingerprint density at radius 2 is 1.72 bits per heavy atom. The summed E-state index contributed by atoms with van der Waals surface area (Å²) in [5, 5.41) is 4.02. The van der Waals surface area contributed by atoms with Crippen molar-refractivity contribution in [3.05, 3.63) is 58.6 Å². The third-order valence-corrected chi connectivity index (χ3v) is 3.59. The average Bonchev–Trinajstić information content (AvgIpc) is 2.41. The van der Waals surface area contributed by atoms with Gasteiger partial charge in [0.05, 0.1) is 0 Å². The quantitative estimate of drug-likeness (QED) is 0.850. The molecule has 2 rings (SSSR count). The van der Waals surface area contributed by atoms with Crippen LogP contribution < -0.4 is 5.32 Å². The lowest BCUT2D eigenvalue weighted by Crippen LogP contribution is -2.11. The van der Waals surface area contributed by atoms with Gasteiger partial charge in [0.15, 0.2) is 0 Å². The van der Waals surface area contributed by atoms with Crippen molar-refractivity contribution in [1.82, 2.24) is 5.32 Å².